The standard InChI is InChI=1S/C18H31NO/c1-14(13-18(2,3)4)12-17(19)16-8-6-15(7-9-16)10-11-20-5/h6-9,14,17H,10-13,19H2,1-5H3. The summed E-state index contributed by atoms with van der Waals surface area (Å²) in [5.74, 6) is 0.651. The van der Waals surface area contributed by atoms with Gasteiger partial charge < -0.3 is 10.5 Å². The molecule has 2 N–H and O–H groups in total. The molecule has 0 saturated heterocycles. The van der Waals surface area contributed by atoms with Crippen LogP contribution in [-0.2, 0) is 11.2 Å². The molecule has 0 aliphatic carbocycles. The molecule has 1 rings (SSSR count). The Morgan fingerprint density at radius 1 is 1.15 bits per heavy atom. The van der Waals surface area contributed by atoms with Crippen LogP contribution in [0.2, 0.25) is 0 Å². The predicted octanol–water partition coefficient (Wildman–Crippen LogP) is 4.34. The lowest BCUT2D eigenvalue weighted by atomic mass is 9.82. The second-order valence-corrected chi connectivity index (χ2v) is 7.20. The van der Waals surface area contributed by atoms with Crippen molar-refractivity contribution in [1.82, 2.24) is 0 Å². The summed E-state index contributed by atoms with van der Waals surface area (Å²) in [6.45, 7) is 9.95. The van der Waals surface area contributed by atoms with Gasteiger partial charge in [0.05, 0.1) is 6.61 Å². The van der Waals surface area contributed by atoms with Crippen molar-refractivity contribution in [2.45, 2.75) is 53.0 Å². The van der Waals surface area contributed by atoms with Gasteiger partial charge in [-0.15, -0.1) is 0 Å². The molecule has 0 amide bonds. The summed E-state index contributed by atoms with van der Waals surface area (Å²) in [4.78, 5) is 0. The number of rotatable bonds is 7. The van der Waals surface area contributed by atoms with Gasteiger partial charge in [0.15, 0.2) is 0 Å². The van der Waals surface area contributed by atoms with E-state index in [-0.39, 0.29) is 6.04 Å². The molecular formula is C18H31NO. The van der Waals surface area contributed by atoms with E-state index >= 15 is 0 Å². The Morgan fingerprint density at radius 2 is 1.75 bits per heavy atom. The van der Waals surface area contributed by atoms with Crippen LogP contribution in [0.5, 0.6) is 0 Å². The zero-order valence-electron chi connectivity index (χ0n) is 13.8. The topological polar surface area (TPSA) is 35.2 Å². The molecule has 2 atom stereocenters. The fraction of sp³-hybridized carbons (Fsp3) is 0.667. The van der Waals surface area contributed by atoms with Crippen LogP contribution in [-0.4, -0.2) is 13.7 Å². The SMILES string of the molecule is COCCc1ccc(C(N)CC(C)CC(C)(C)C)cc1. The molecule has 20 heavy (non-hydrogen) atoms. The van der Waals surface area contributed by atoms with E-state index < -0.39 is 0 Å². The van der Waals surface area contributed by atoms with Crippen molar-refractivity contribution in [2.75, 3.05) is 13.7 Å². The van der Waals surface area contributed by atoms with Crippen LogP contribution >= 0.6 is 0 Å². The maximum Gasteiger partial charge on any atom is 0.0502 e. The zero-order chi connectivity index (χ0) is 15.2. The molecule has 2 heteroatoms. The van der Waals surface area contributed by atoms with E-state index in [4.69, 9.17) is 10.5 Å². The van der Waals surface area contributed by atoms with E-state index in [1.807, 2.05) is 0 Å². The van der Waals surface area contributed by atoms with E-state index in [0.717, 1.165) is 19.4 Å². The maximum absolute atomic E-state index is 6.34. The van der Waals surface area contributed by atoms with Crippen molar-refractivity contribution in [3.8, 4) is 0 Å². The fourth-order valence-electron chi connectivity index (χ4n) is 2.85. The Hall–Kier alpha value is -0.860. The number of benzene rings is 1. The van der Waals surface area contributed by atoms with Gasteiger partial charge in [-0.2, -0.15) is 0 Å². The minimum absolute atomic E-state index is 0.142. The molecule has 0 heterocycles. The maximum atomic E-state index is 6.34. The van der Waals surface area contributed by atoms with Gasteiger partial charge in [0, 0.05) is 13.2 Å². The highest BCUT2D eigenvalue weighted by molar-refractivity contribution is 5.25. The van der Waals surface area contributed by atoms with E-state index in [1.165, 1.54) is 17.5 Å². The lowest BCUT2D eigenvalue weighted by Crippen LogP contribution is -2.18. The van der Waals surface area contributed by atoms with Gasteiger partial charge in [-0.05, 0) is 41.7 Å². The van der Waals surface area contributed by atoms with Gasteiger partial charge in [-0.3, -0.25) is 0 Å². The highest BCUT2D eigenvalue weighted by Gasteiger charge is 2.18. The van der Waals surface area contributed by atoms with Crippen LogP contribution in [0.1, 0.15) is 57.7 Å². The number of hydrogen-bond donors (Lipinski definition) is 1. The van der Waals surface area contributed by atoms with Crippen molar-refractivity contribution < 1.29 is 4.74 Å². The second-order valence-electron chi connectivity index (χ2n) is 7.20. The van der Waals surface area contributed by atoms with E-state index in [0.29, 0.717) is 11.3 Å². The molecule has 2 nitrogen and oxygen atoms in total. The molecule has 0 saturated carbocycles. The second kappa shape index (κ2) is 7.80. The molecule has 1 aromatic rings. The Labute approximate surface area is 124 Å². The van der Waals surface area contributed by atoms with Crippen LogP contribution in [0.4, 0.5) is 0 Å². The third-order valence-electron chi connectivity index (χ3n) is 3.62. The average molecular weight is 277 g/mol. The van der Waals surface area contributed by atoms with Gasteiger partial charge in [-0.1, -0.05) is 52.0 Å². The third-order valence-corrected chi connectivity index (χ3v) is 3.62. The summed E-state index contributed by atoms with van der Waals surface area (Å²) in [7, 11) is 1.74. The smallest absolute Gasteiger partial charge is 0.0502 e. The molecule has 0 aliphatic heterocycles. The van der Waals surface area contributed by atoms with Gasteiger partial charge >= 0.3 is 0 Å². The largest absolute Gasteiger partial charge is 0.384 e. The zero-order valence-corrected chi connectivity index (χ0v) is 13.8. The lowest BCUT2D eigenvalue weighted by molar-refractivity contribution is 0.202. The van der Waals surface area contributed by atoms with Crippen LogP contribution in [0.25, 0.3) is 0 Å². The molecule has 1 aromatic carbocycles. The van der Waals surface area contributed by atoms with E-state index in [1.54, 1.807) is 7.11 Å². The fourth-order valence-corrected chi connectivity index (χ4v) is 2.85. The Kier molecular flexibility index (Phi) is 6.70. The summed E-state index contributed by atoms with van der Waals surface area (Å²) >= 11 is 0. The lowest BCUT2D eigenvalue weighted by Gasteiger charge is -2.25. The highest BCUT2D eigenvalue weighted by atomic mass is 16.5. The van der Waals surface area contributed by atoms with Crippen molar-refractivity contribution in [1.29, 1.82) is 0 Å². The monoisotopic (exact) mass is 277 g/mol. The van der Waals surface area contributed by atoms with Crippen molar-refractivity contribution in [3.63, 3.8) is 0 Å². The van der Waals surface area contributed by atoms with Crippen LogP contribution in [0, 0.1) is 11.3 Å². The molecule has 0 spiro atoms. The summed E-state index contributed by atoms with van der Waals surface area (Å²) < 4.78 is 5.10. The number of nitrogens with two attached hydrogens (primary N) is 1. The Morgan fingerprint density at radius 3 is 2.25 bits per heavy atom. The van der Waals surface area contributed by atoms with Gasteiger partial charge in [0.25, 0.3) is 0 Å². The normalized spacial score (nSPS) is 15.1. The molecule has 0 radical (unpaired) electrons. The molecule has 0 bridgehead atoms. The van der Waals surface area contributed by atoms with Gasteiger partial charge in [-0.25, -0.2) is 0 Å². The molecular weight excluding hydrogens is 246 g/mol. The molecule has 2 unspecified atom stereocenters. The Bertz CT molecular complexity index is 377. The molecule has 0 fully saturated rings. The first-order valence-corrected chi connectivity index (χ1v) is 7.65. The quantitative estimate of drug-likeness (QED) is 0.804. The molecule has 0 aliphatic rings. The number of ether oxygens (including phenoxy) is 1. The first-order valence-electron chi connectivity index (χ1n) is 7.65. The van der Waals surface area contributed by atoms with Gasteiger partial charge in [0.1, 0.15) is 0 Å². The van der Waals surface area contributed by atoms with Gasteiger partial charge in [0.2, 0.25) is 0 Å². The molecule has 0 aromatic heterocycles. The minimum Gasteiger partial charge on any atom is -0.384 e. The number of hydrogen-bond acceptors (Lipinski definition) is 2. The summed E-state index contributed by atoms with van der Waals surface area (Å²) in [6, 6.07) is 8.81. The van der Waals surface area contributed by atoms with Crippen LogP contribution in [0.3, 0.4) is 0 Å². The minimum atomic E-state index is 0.142. The third kappa shape index (κ3) is 6.53. The van der Waals surface area contributed by atoms with Crippen LogP contribution < -0.4 is 5.73 Å². The van der Waals surface area contributed by atoms with Crippen molar-refractivity contribution in [2.24, 2.45) is 17.1 Å². The summed E-state index contributed by atoms with van der Waals surface area (Å²) in [6.07, 6.45) is 3.23. The Balaban J connectivity index is 2.52. The molecule has 114 valence electrons. The van der Waals surface area contributed by atoms with Crippen molar-refractivity contribution in [3.05, 3.63) is 35.4 Å². The van der Waals surface area contributed by atoms with Crippen LogP contribution in [0.15, 0.2) is 24.3 Å². The van der Waals surface area contributed by atoms with E-state index in [2.05, 4.69) is 52.0 Å². The highest BCUT2D eigenvalue weighted by Crippen LogP contribution is 2.29. The van der Waals surface area contributed by atoms with E-state index in [9.17, 15) is 0 Å². The predicted molar refractivity (Wildman–Crippen MR) is 86.8 cm³/mol. The average Bonchev–Trinajstić information content (AvgIpc) is 2.34. The summed E-state index contributed by atoms with van der Waals surface area (Å²) in [5, 5.41) is 0. The number of methoxy groups -OCH3 is 1. The first-order chi connectivity index (χ1) is 9.31. The summed E-state index contributed by atoms with van der Waals surface area (Å²) in [5.41, 5.74) is 9.27. The first kappa shape index (κ1) is 17.2. The van der Waals surface area contributed by atoms with Crippen molar-refractivity contribution >= 4 is 0 Å².